The maximum atomic E-state index is 13.4. The summed E-state index contributed by atoms with van der Waals surface area (Å²) >= 11 is 0. The lowest BCUT2D eigenvalue weighted by atomic mass is 10.0. The van der Waals surface area contributed by atoms with E-state index in [1.807, 2.05) is 6.07 Å². The number of carbonyl (C=O) groups excluding carboxylic acids is 3. The third-order valence-electron chi connectivity index (χ3n) is 7.43. The summed E-state index contributed by atoms with van der Waals surface area (Å²) in [5.41, 5.74) is 2.63. The number of nitriles is 1. The number of nitrogens with one attached hydrogen (secondary N) is 2. The van der Waals surface area contributed by atoms with Crippen molar-refractivity contribution in [1.82, 2.24) is 14.9 Å². The van der Waals surface area contributed by atoms with E-state index in [-0.39, 0.29) is 36.9 Å². The van der Waals surface area contributed by atoms with Crippen LogP contribution in [0, 0.1) is 11.3 Å². The highest BCUT2D eigenvalue weighted by Crippen LogP contribution is 2.30. The fraction of sp³-hybridized carbons (Fsp3) is 0.481. The minimum atomic E-state index is -0.435. The van der Waals surface area contributed by atoms with Crippen molar-refractivity contribution in [1.29, 1.82) is 5.26 Å². The zero-order valence-electron chi connectivity index (χ0n) is 21.8. The van der Waals surface area contributed by atoms with Gasteiger partial charge in [0, 0.05) is 44.6 Å². The van der Waals surface area contributed by atoms with Crippen molar-refractivity contribution in [3.63, 3.8) is 0 Å². The number of rotatable bonds is 7. The average molecular weight is 534 g/mol. The van der Waals surface area contributed by atoms with Crippen molar-refractivity contribution < 1.29 is 23.9 Å². The quantitative estimate of drug-likeness (QED) is 0.512. The van der Waals surface area contributed by atoms with Crippen LogP contribution in [0.25, 0.3) is 0 Å². The molecule has 1 aliphatic carbocycles. The Bertz CT molecular complexity index is 1310. The van der Waals surface area contributed by atoms with Gasteiger partial charge in [-0.05, 0) is 43.7 Å². The first-order valence-corrected chi connectivity index (χ1v) is 13.1. The monoisotopic (exact) mass is 533 g/mol. The number of fused-ring (bicyclic) bond motifs is 1. The van der Waals surface area contributed by atoms with Crippen LogP contribution in [0.15, 0.2) is 18.3 Å². The number of amides is 3. The van der Waals surface area contributed by atoms with E-state index in [4.69, 9.17) is 9.47 Å². The minimum absolute atomic E-state index is 0.0248. The zero-order chi connectivity index (χ0) is 27.4. The number of ether oxygens (including phenoxy) is 2. The van der Waals surface area contributed by atoms with Crippen molar-refractivity contribution in [2.45, 2.75) is 50.8 Å². The van der Waals surface area contributed by atoms with Gasteiger partial charge in [-0.2, -0.15) is 5.26 Å². The van der Waals surface area contributed by atoms with Crippen molar-refractivity contribution in [3.8, 4) is 6.07 Å². The number of urea groups is 1. The van der Waals surface area contributed by atoms with Gasteiger partial charge < -0.3 is 19.7 Å². The van der Waals surface area contributed by atoms with Crippen LogP contribution in [0.2, 0.25) is 0 Å². The SMILES string of the molecule is CO[C@H]1CCCC1Nc1cc(NC(=O)N2CCCc3cc(CN4CCOCC4=O)c(C=O)nc32)ncc1C#N. The number of carbonyl (C=O) groups is 3. The topological polar surface area (TPSA) is 150 Å². The fourth-order valence-corrected chi connectivity index (χ4v) is 5.39. The second-order valence-corrected chi connectivity index (χ2v) is 9.87. The highest BCUT2D eigenvalue weighted by molar-refractivity contribution is 6.02. The molecule has 0 radical (unpaired) electrons. The molecule has 0 bridgehead atoms. The van der Waals surface area contributed by atoms with Crippen LogP contribution in [-0.4, -0.2) is 78.7 Å². The molecule has 3 amide bonds. The molecule has 2 N–H and O–H groups in total. The van der Waals surface area contributed by atoms with Crippen LogP contribution in [0.3, 0.4) is 0 Å². The van der Waals surface area contributed by atoms with Crippen molar-refractivity contribution >= 4 is 35.5 Å². The number of hydrogen-bond donors (Lipinski definition) is 2. The number of nitrogens with zero attached hydrogens (tertiary/aromatic N) is 5. The highest BCUT2D eigenvalue weighted by Gasteiger charge is 2.29. The third-order valence-corrected chi connectivity index (χ3v) is 7.43. The van der Waals surface area contributed by atoms with Gasteiger partial charge in [0.05, 0.1) is 30.0 Å². The molecule has 12 nitrogen and oxygen atoms in total. The summed E-state index contributed by atoms with van der Waals surface area (Å²) in [6.07, 6.45) is 6.44. The first-order valence-electron chi connectivity index (χ1n) is 13.1. The molecule has 5 rings (SSSR count). The summed E-state index contributed by atoms with van der Waals surface area (Å²) < 4.78 is 10.7. The van der Waals surface area contributed by atoms with Gasteiger partial charge >= 0.3 is 6.03 Å². The first-order chi connectivity index (χ1) is 19.0. The number of aldehydes is 1. The van der Waals surface area contributed by atoms with Gasteiger partial charge in [0.15, 0.2) is 6.29 Å². The molecule has 0 spiro atoms. The van der Waals surface area contributed by atoms with Crippen molar-refractivity contribution in [2.24, 2.45) is 0 Å². The molecule has 2 fully saturated rings. The number of aryl methyl sites for hydroxylation is 1. The number of morpholine rings is 1. The molecule has 2 atom stereocenters. The second-order valence-electron chi connectivity index (χ2n) is 9.87. The lowest BCUT2D eigenvalue weighted by molar-refractivity contribution is -0.143. The summed E-state index contributed by atoms with van der Waals surface area (Å²) in [5.74, 6) is 0.573. The van der Waals surface area contributed by atoms with Crippen LogP contribution < -0.4 is 15.5 Å². The normalized spacial score (nSPS) is 20.8. The molecule has 3 aliphatic rings. The molecule has 4 heterocycles. The van der Waals surface area contributed by atoms with Crippen LogP contribution >= 0.6 is 0 Å². The average Bonchev–Trinajstić information content (AvgIpc) is 3.40. The molecule has 1 saturated carbocycles. The summed E-state index contributed by atoms with van der Waals surface area (Å²) in [7, 11) is 1.68. The highest BCUT2D eigenvalue weighted by atomic mass is 16.5. The van der Waals surface area contributed by atoms with Crippen LogP contribution in [0.5, 0.6) is 0 Å². The second kappa shape index (κ2) is 11.8. The van der Waals surface area contributed by atoms with Gasteiger partial charge in [-0.1, -0.05) is 0 Å². The number of pyridine rings is 2. The molecule has 39 heavy (non-hydrogen) atoms. The predicted octanol–water partition coefficient (Wildman–Crippen LogP) is 2.48. The summed E-state index contributed by atoms with van der Waals surface area (Å²) in [4.78, 5) is 49.4. The number of aromatic nitrogens is 2. The molecular formula is C27H31N7O5. The van der Waals surface area contributed by atoms with Crippen LogP contribution in [0.1, 0.15) is 52.9 Å². The number of methoxy groups -OCH3 is 1. The molecule has 0 aromatic carbocycles. The smallest absolute Gasteiger partial charge is 0.328 e. The lowest BCUT2D eigenvalue weighted by Crippen LogP contribution is -2.42. The molecule has 12 heteroatoms. The Balaban J connectivity index is 1.35. The van der Waals surface area contributed by atoms with E-state index < -0.39 is 6.03 Å². The Morgan fingerprint density at radius 1 is 1.31 bits per heavy atom. The Kier molecular flexibility index (Phi) is 7.99. The minimum Gasteiger partial charge on any atom is -0.379 e. The van der Waals surface area contributed by atoms with E-state index in [9.17, 15) is 19.6 Å². The van der Waals surface area contributed by atoms with E-state index in [0.29, 0.717) is 67.3 Å². The Morgan fingerprint density at radius 2 is 2.18 bits per heavy atom. The number of anilines is 3. The van der Waals surface area contributed by atoms with Gasteiger partial charge in [-0.25, -0.2) is 14.8 Å². The largest absolute Gasteiger partial charge is 0.379 e. The molecule has 1 saturated heterocycles. The molecule has 2 aliphatic heterocycles. The summed E-state index contributed by atoms with van der Waals surface area (Å²) in [6.45, 7) is 1.60. The Morgan fingerprint density at radius 3 is 2.95 bits per heavy atom. The molecule has 2 aromatic rings. The van der Waals surface area contributed by atoms with Crippen LogP contribution in [0.4, 0.5) is 22.1 Å². The van der Waals surface area contributed by atoms with E-state index in [1.165, 1.54) is 11.1 Å². The summed E-state index contributed by atoms with van der Waals surface area (Å²) in [6, 6.07) is 5.29. The maximum absolute atomic E-state index is 13.4. The standard InChI is InChI=1S/C27H31N7O5/c1-38-23-6-2-5-20(23)30-21-11-24(29-13-19(21)12-28)32-27(37)34-7-3-4-17-10-18(22(15-35)31-26(17)34)14-33-8-9-39-16-25(33)36/h10-11,13,15,20,23H,2-9,14,16H2,1H3,(H2,29,30,32,37)/t20?,23-/m0/s1. The molecule has 1 unspecified atom stereocenters. The zero-order valence-corrected chi connectivity index (χ0v) is 21.8. The number of hydrogen-bond acceptors (Lipinski definition) is 9. The van der Waals surface area contributed by atoms with E-state index >= 15 is 0 Å². The maximum Gasteiger partial charge on any atom is 0.328 e. The first kappa shape index (κ1) is 26.5. The summed E-state index contributed by atoms with van der Waals surface area (Å²) in [5, 5.41) is 15.8. The van der Waals surface area contributed by atoms with E-state index in [1.54, 1.807) is 18.1 Å². The predicted molar refractivity (Wildman–Crippen MR) is 142 cm³/mol. The van der Waals surface area contributed by atoms with Crippen molar-refractivity contribution in [3.05, 3.63) is 40.7 Å². The molecular weight excluding hydrogens is 502 g/mol. The molecule has 204 valence electrons. The van der Waals surface area contributed by atoms with Crippen molar-refractivity contribution in [2.75, 3.05) is 48.9 Å². The lowest BCUT2D eigenvalue weighted by Gasteiger charge is -2.31. The third kappa shape index (κ3) is 5.69. The fourth-order valence-electron chi connectivity index (χ4n) is 5.39. The van der Waals surface area contributed by atoms with Gasteiger partial charge in [-0.3, -0.25) is 19.8 Å². The Hall–Kier alpha value is -4.08. The van der Waals surface area contributed by atoms with Gasteiger partial charge in [0.2, 0.25) is 5.91 Å². The van der Waals surface area contributed by atoms with Gasteiger partial charge in [-0.15, -0.1) is 0 Å². The molecule has 2 aromatic heterocycles. The van der Waals surface area contributed by atoms with E-state index in [2.05, 4.69) is 26.7 Å². The van der Waals surface area contributed by atoms with E-state index in [0.717, 1.165) is 24.8 Å². The van der Waals surface area contributed by atoms with Crippen LogP contribution in [-0.2, 0) is 27.2 Å². The van der Waals surface area contributed by atoms with Gasteiger partial charge in [0.25, 0.3) is 0 Å². The van der Waals surface area contributed by atoms with Gasteiger partial charge in [0.1, 0.15) is 30.0 Å². The Labute approximate surface area is 226 Å².